The van der Waals surface area contributed by atoms with Crippen LogP contribution in [0.15, 0.2) is 42.5 Å². The number of nitrogens with zero attached hydrogens (tertiary/aromatic N) is 1. The summed E-state index contributed by atoms with van der Waals surface area (Å²) in [6.45, 7) is 2.03. The monoisotopic (exact) mass is 287 g/mol. The fraction of sp³-hybridized carbons (Fsp3) is 0.133. The number of carboxylic acid groups (broad SMARTS) is 1. The Bertz CT molecular complexity index is 679. The SMILES string of the molecule is Cc1ccc(C(=O)O)cc1OCc1ccc([N+](=O)[O-])cc1. The highest BCUT2D eigenvalue weighted by molar-refractivity contribution is 5.88. The van der Waals surface area contributed by atoms with Crippen molar-refractivity contribution < 1.29 is 19.6 Å². The molecular weight excluding hydrogens is 274 g/mol. The normalized spacial score (nSPS) is 10.1. The van der Waals surface area contributed by atoms with Crippen LogP contribution in [-0.4, -0.2) is 16.0 Å². The lowest BCUT2D eigenvalue weighted by atomic mass is 10.1. The minimum atomic E-state index is -1.02. The molecule has 0 aliphatic rings. The van der Waals surface area contributed by atoms with Crippen molar-refractivity contribution in [3.05, 3.63) is 69.3 Å². The van der Waals surface area contributed by atoms with Gasteiger partial charge in [-0.2, -0.15) is 0 Å². The van der Waals surface area contributed by atoms with E-state index in [1.165, 1.54) is 24.3 Å². The van der Waals surface area contributed by atoms with Crippen LogP contribution in [0.5, 0.6) is 5.75 Å². The van der Waals surface area contributed by atoms with Crippen LogP contribution in [0.25, 0.3) is 0 Å². The molecule has 21 heavy (non-hydrogen) atoms. The van der Waals surface area contributed by atoms with Crippen molar-refractivity contribution in [1.82, 2.24) is 0 Å². The first-order valence-electron chi connectivity index (χ1n) is 6.17. The van der Waals surface area contributed by atoms with Gasteiger partial charge in [0.2, 0.25) is 0 Å². The number of nitro groups is 1. The van der Waals surface area contributed by atoms with Crippen molar-refractivity contribution >= 4 is 11.7 Å². The number of aromatic carboxylic acids is 1. The van der Waals surface area contributed by atoms with Gasteiger partial charge in [-0.15, -0.1) is 0 Å². The van der Waals surface area contributed by atoms with Gasteiger partial charge in [0.15, 0.2) is 0 Å². The molecule has 1 N–H and O–H groups in total. The average Bonchev–Trinajstić information content (AvgIpc) is 2.46. The number of carbonyl (C=O) groups is 1. The molecule has 0 fully saturated rings. The Morgan fingerprint density at radius 1 is 1.24 bits per heavy atom. The Balaban J connectivity index is 2.10. The van der Waals surface area contributed by atoms with Gasteiger partial charge in [-0.25, -0.2) is 4.79 Å². The molecule has 0 bridgehead atoms. The highest BCUT2D eigenvalue weighted by Crippen LogP contribution is 2.21. The predicted octanol–water partition coefficient (Wildman–Crippen LogP) is 3.18. The zero-order valence-electron chi connectivity index (χ0n) is 11.3. The van der Waals surface area contributed by atoms with Gasteiger partial charge in [0.1, 0.15) is 12.4 Å². The first-order chi connectivity index (χ1) is 9.97. The van der Waals surface area contributed by atoms with Crippen LogP contribution in [0.1, 0.15) is 21.5 Å². The summed E-state index contributed by atoms with van der Waals surface area (Å²) in [5.74, 6) is -0.538. The summed E-state index contributed by atoms with van der Waals surface area (Å²) < 4.78 is 5.58. The fourth-order valence-electron chi connectivity index (χ4n) is 1.76. The van der Waals surface area contributed by atoms with Gasteiger partial charge in [0.05, 0.1) is 10.5 Å². The van der Waals surface area contributed by atoms with Crippen LogP contribution in [0, 0.1) is 17.0 Å². The largest absolute Gasteiger partial charge is 0.489 e. The van der Waals surface area contributed by atoms with Gasteiger partial charge < -0.3 is 9.84 Å². The second-order valence-electron chi connectivity index (χ2n) is 4.50. The Morgan fingerprint density at radius 2 is 1.90 bits per heavy atom. The van der Waals surface area contributed by atoms with E-state index in [4.69, 9.17) is 9.84 Å². The van der Waals surface area contributed by atoms with Gasteiger partial charge in [-0.05, 0) is 42.3 Å². The number of hydrogen-bond acceptors (Lipinski definition) is 4. The first-order valence-corrected chi connectivity index (χ1v) is 6.17. The van der Waals surface area contributed by atoms with Crippen molar-refractivity contribution in [3.63, 3.8) is 0 Å². The van der Waals surface area contributed by atoms with Gasteiger partial charge >= 0.3 is 5.97 Å². The van der Waals surface area contributed by atoms with E-state index >= 15 is 0 Å². The predicted molar refractivity (Wildman–Crippen MR) is 75.6 cm³/mol. The van der Waals surface area contributed by atoms with E-state index in [0.29, 0.717) is 5.75 Å². The molecule has 6 nitrogen and oxygen atoms in total. The summed E-state index contributed by atoms with van der Waals surface area (Å²) in [7, 11) is 0. The standard InChI is InChI=1S/C15H13NO5/c1-10-2-5-12(15(17)18)8-14(10)21-9-11-3-6-13(7-4-11)16(19)20/h2-8H,9H2,1H3,(H,17,18). The highest BCUT2D eigenvalue weighted by atomic mass is 16.6. The van der Waals surface area contributed by atoms with Crippen LogP contribution in [-0.2, 0) is 6.61 Å². The van der Waals surface area contributed by atoms with E-state index < -0.39 is 10.9 Å². The smallest absolute Gasteiger partial charge is 0.335 e. The second-order valence-corrected chi connectivity index (χ2v) is 4.50. The first kappa shape index (κ1) is 14.5. The third-order valence-corrected chi connectivity index (χ3v) is 2.98. The maximum atomic E-state index is 10.9. The van der Waals surface area contributed by atoms with Gasteiger partial charge in [-0.3, -0.25) is 10.1 Å². The topological polar surface area (TPSA) is 89.7 Å². The number of carboxylic acids is 1. The molecule has 0 heterocycles. The molecular formula is C15H13NO5. The van der Waals surface area contributed by atoms with Gasteiger partial charge in [-0.1, -0.05) is 6.07 Å². The van der Waals surface area contributed by atoms with Gasteiger partial charge in [0, 0.05) is 12.1 Å². The van der Waals surface area contributed by atoms with E-state index in [2.05, 4.69) is 0 Å². The van der Waals surface area contributed by atoms with E-state index in [1.54, 1.807) is 18.2 Å². The number of hydrogen-bond donors (Lipinski definition) is 1. The molecule has 0 amide bonds. The average molecular weight is 287 g/mol. The minimum absolute atomic E-state index is 0.0165. The summed E-state index contributed by atoms with van der Waals surface area (Å²) in [6.07, 6.45) is 0. The lowest BCUT2D eigenvalue weighted by Gasteiger charge is -2.10. The number of non-ortho nitro benzene ring substituents is 1. The van der Waals surface area contributed by atoms with Crippen molar-refractivity contribution in [3.8, 4) is 5.75 Å². The maximum absolute atomic E-state index is 10.9. The van der Waals surface area contributed by atoms with Gasteiger partial charge in [0.25, 0.3) is 5.69 Å². The van der Waals surface area contributed by atoms with E-state index in [0.717, 1.165) is 11.1 Å². The summed E-state index contributed by atoms with van der Waals surface area (Å²) >= 11 is 0. The third kappa shape index (κ3) is 3.56. The third-order valence-electron chi connectivity index (χ3n) is 2.98. The van der Waals surface area contributed by atoms with Crippen LogP contribution < -0.4 is 4.74 Å². The lowest BCUT2D eigenvalue weighted by molar-refractivity contribution is -0.384. The second kappa shape index (κ2) is 6.04. The number of benzene rings is 2. The zero-order valence-corrected chi connectivity index (χ0v) is 11.3. The fourth-order valence-corrected chi connectivity index (χ4v) is 1.76. The summed E-state index contributed by atoms with van der Waals surface area (Å²) in [5.41, 5.74) is 1.75. The molecule has 0 atom stereocenters. The Morgan fingerprint density at radius 3 is 2.48 bits per heavy atom. The number of ether oxygens (including phenoxy) is 1. The molecule has 2 rings (SSSR count). The summed E-state index contributed by atoms with van der Waals surface area (Å²) in [6, 6.07) is 10.7. The molecule has 0 spiro atoms. The van der Waals surface area contributed by atoms with Crippen molar-refractivity contribution in [2.45, 2.75) is 13.5 Å². The molecule has 2 aromatic carbocycles. The molecule has 0 aliphatic heterocycles. The molecule has 0 saturated heterocycles. The molecule has 2 aromatic rings. The van der Waals surface area contributed by atoms with Crippen LogP contribution in [0.3, 0.4) is 0 Å². The molecule has 6 heteroatoms. The van der Waals surface area contributed by atoms with Crippen molar-refractivity contribution in [1.29, 1.82) is 0 Å². The molecule has 108 valence electrons. The summed E-state index contributed by atoms with van der Waals surface area (Å²) in [4.78, 5) is 21.0. The van der Waals surface area contributed by atoms with E-state index in [-0.39, 0.29) is 17.9 Å². The van der Waals surface area contributed by atoms with Crippen molar-refractivity contribution in [2.75, 3.05) is 0 Å². The minimum Gasteiger partial charge on any atom is -0.489 e. The van der Waals surface area contributed by atoms with Crippen LogP contribution in [0.2, 0.25) is 0 Å². The lowest BCUT2D eigenvalue weighted by Crippen LogP contribution is -2.01. The number of nitro benzene ring substituents is 1. The highest BCUT2D eigenvalue weighted by Gasteiger charge is 2.08. The number of rotatable bonds is 5. The molecule has 0 saturated carbocycles. The van der Waals surface area contributed by atoms with Crippen LogP contribution >= 0.6 is 0 Å². The Labute approximate surface area is 120 Å². The van der Waals surface area contributed by atoms with E-state index in [1.807, 2.05) is 6.92 Å². The number of aryl methyl sites for hydroxylation is 1. The van der Waals surface area contributed by atoms with Crippen molar-refractivity contribution in [2.24, 2.45) is 0 Å². The maximum Gasteiger partial charge on any atom is 0.335 e. The quantitative estimate of drug-likeness (QED) is 0.673. The zero-order chi connectivity index (χ0) is 15.4. The Kier molecular flexibility index (Phi) is 4.18. The molecule has 0 radical (unpaired) electrons. The van der Waals surface area contributed by atoms with E-state index in [9.17, 15) is 14.9 Å². The molecule has 0 unspecified atom stereocenters. The van der Waals surface area contributed by atoms with Crippen LogP contribution in [0.4, 0.5) is 5.69 Å². The Hall–Kier alpha value is -2.89. The molecule has 0 aromatic heterocycles. The summed E-state index contributed by atoms with van der Waals surface area (Å²) in [5, 5.41) is 19.5. The molecule has 0 aliphatic carbocycles.